The van der Waals surface area contributed by atoms with Crippen molar-refractivity contribution >= 4 is 42.6 Å². The molecule has 0 saturated carbocycles. The largest absolute Gasteiger partial charge is 0.467 e. The first kappa shape index (κ1) is 24.5. The number of furan rings is 1. The van der Waals surface area contributed by atoms with Gasteiger partial charge in [-0.15, -0.1) is 0 Å². The van der Waals surface area contributed by atoms with Crippen molar-refractivity contribution in [3.63, 3.8) is 0 Å². The quantitative estimate of drug-likeness (QED) is 0.349. The number of carbonyl (C=O) groups is 1. The van der Waals surface area contributed by atoms with Crippen LogP contribution in [0.1, 0.15) is 18.6 Å². The molecule has 1 fully saturated rings. The highest BCUT2D eigenvalue weighted by molar-refractivity contribution is 7.89. The van der Waals surface area contributed by atoms with Crippen molar-refractivity contribution in [1.82, 2.24) is 9.29 Å². The van der Waals surface area contributed by atoms with Gasteiger partial charge in [0.1, 0.15) is 17.1 Å². The van der Waals surface area contributed by atoms with Crippen molar-refractivity contribution in [2.24, 2.45) is 5.92 Å². The average molecular weight is 536 g/mol. The van der Waals surface area contributed by atoms with E-state index in [1.165, 1.54) is 28.6 Å². The minimum absolute atomic E-state index is 0.0286. The molecule has 0 atom stereocenters. The van der Waals surface area contributed by atoms with Gasteiger partial charge in [-0.25, -0.2) is 26.6 Å². The minimum atomic E-state index is -4.05. The molecule has 7 nitrogen and oxygen atoms in total. The van der Waals surface area contributed by atoms with Crippen LogP contribution in [0.5, 0.6) is 0 Å². The van der Waals surface area contributed by atoms with Crippen LogP contribution in [0.15, 0.2) is 64.1 Å². The molecular weight excluding hydrogens is 515 g/mol. The monoisotopic (exact) mass is 535 g/mol. The smallest absolute Gasteiger partial charge is 0.243 e. The number of para-hydroxylation sites is 1. The molecule has 0 unspecified atom stereocenters. The molecule has 5 rings (SSSR count). The van der Waals surface area contributed by atoms with Crippen LogP contribution in [0, 0.1) is 23.4 Å². The van der Waals surface area contributed by atoms with Crippen LogP contribution in [-0.2, 0) is 21.4 Å². The van der Waals surface area contributed by atoms with E-state index in [0.29, 0.717) is 21.7 Å². The fourth-order valence-electron chi connectivity index (χ4n) is 4.17. The molecule has 2 aromatic carbocycles. The highest BCUT2D eigenvalue weighted by Gasteiger charge is 2.35. The standard InChI is InChI=1S/C24H20F3N3O4S2/c25-18-7-6-17(13-20(18)27)36(32,33)29-10-8-15(9-11-29)23(31)30(14-16-3-2-12-34-16)24-28-22-19(26)4-1-5-21(22)35-24/h1-7,12-13,15H,8-11,14H2. The Labute approximate surface area is 208 Å². The van der Waals surface area contributed by atoms with Crippen LogP contribution in [0.2, 0.25) is 0 Å². The number of aromatic nitrogens is 1. The molecule has 12 heteroatoms. The molecule has 1 aliphatic rings. The summed E-state index contributed by atoms with van der Waals surface area (Å²) in [5.41, 5.74) is 0.169. The summed E-state index contributed by atoms with van der Waals surface area (Å²) in [6.45, 7) is 0.141. The second-order valence-corrected chi connectivity index (χ2v) is 11.3. The third kappa shape index (κ3) is 4.63. The van der Waals surface area contributed by atoms with Crippen LogP contribution in [0.25, 0.3) is 10.2 Å². The maximum Gasteiger partial charge on any atom is 0.243 e. The van der Waals surface area contributed by atoms with Crippen molar-refractivity contribution in [1.29, 1.82) is 0 Å². The molecular formula is C24H20F3N3O4S2. The molecule has 4 aromatic rings. The molecule has 2 aromatic heterocycles. The number of hydrogen-bond donors (Lipinski definition) is 0. The van der Waals surface area contributed by atoms with E-state index in [1.54, 1.807) is 24.3 Å². The van der Waals surface area contributed by atoms with Gasteiger partial charge in [-0.3, -0.25) is 9.69 Å². The summed E-state index contributed by atoms with van der Waals surface area (Å²) in [6, 6.07) is 10.4. The van der Waals surface area contributed by atoms with Crippen molar-refractivity contribution in [2.45, 2.75) is 24.3 Å². The Morgan fingerprint density at radius 2 is 1.83 bits per heavy atom. The SMILES string of the molecule is O=C(C1CCN(S(=O)(=O)c2ccc(F)c(F)c2)CC1)N(Cc1ccco1)c1nc2c(F)cccc2s1. The molecule has 36 heavy (non-hydrogen) atoms. The summed E-state index contributed by atoms with van der Waals surface area (Å²) in [5, 5.41) is 0.313. The number of benzene rings is 2. The van der Waals surface area contributed by atoms with E-state index >= 15 is 0 Å². The molecule has 1 aliphatic heterocycles. The van der Waals surface area contributed by atoms with E-state index in [0.717, 1.165) is 16.4 Å². The lowest BCUT2D eigenvalue weighted by atomic mass is 9.96. The third-order valence-corrected chi connectivity index (χ3v) is 9.02. The van der Waals surface area contributed by atoms with Gasteiger partial charge in [0.2, 0.25) is 15.9 Å². The molecule has 0 N–H and O–H groups in total. The average Bonchev–Trinajstić information content (AvgIpc) is 3.54. The summed E-state index contributed by atoms with van der Waals surface area (Å²) in [5.74, 6) is -3.16. The summed E-state index contributed by atoms with van der Waals surface area (Å²) in [7, 11) is -4.05. The van der Waals surface area contributed by atoms with E-state index in [2.05, 4.69) is 4.98 Å². The van der Waals surface area contributed by atoms with E-state index in [-0.39, 0.29) is 48.8 Å². The first-order valence-corrected chi connectivity index (χ1v) is 13.3. The number of carbonyl (C=O) groups excluding carboxylic acids is 1. The van der Waals surface area contributed by atoms with Gasteiger partial charge in [-0.05, 0) is 55.3 Å². The van der Waals surface area contributed by atoms with Gasteiger partial charge in [0.15, 0.2) is 16.8 Å². The predicted molar refractivity (Wildman–Crippen MR) is 127 cm³/mol. The Morgan fingerprint density at radius 1 is 1.06 bits per heavy atom. The number of anilines is 1. The highest BCUT2D eigenvalue weighted by Crippen LogP contribution is 2.34. The molecule has 0 aliphatic carbocycles. The highest BCUT2D eigenvalue weighted by atomic mass is 32.2. The van der Waals surface area contributed by atoms with Crippen LogP contribution < -0.4 is 4.90 Å². The lowest BCUT2D eigenvalue weighted by molar-refractivity contribution is -0.123. The van der Waals surface area contributed by atoms with Crippen molar-refractivity contribution in [3.05, 3.63) is 78.0 Å². The van der Waals surface area contributed by atoms with Gasteiger partial charge >= 0.3 is 0 Å². The van der Waals surface area contributed by atoms with Crippen molar-refractivity contribution < 1.29 is 30.8 Å². The number of fused-ring (bicyclic) bond motifs is 1. The molecule has 3 heterocycles. The number of nitrogens with zero attached hydrogens (tertiary/aromatic N) is 3. The zero-order valence-electron chi connectivity index (χ0n) is 18.7. The summed E-state index contributed by atoms with van der Waals surface area (Å²) in [4.78, 5) is 19.0. The number of hydrogen-bond acceptors (Lipinski definition) is 6. The molecule has 188 valence electrons. The normalized spacial score (nSPS) is 15.4. The Hall–Kier alpha value is -3.22. The van der Waals surface area contributed by atoms with Crippen LogP contribution in [0.3, 0.4) is 0 Å². The second kappa shape index (κ2) is 9.68. The third-order valence-electron chi connectivity index (χ3n) is 6.08. The van der Waals surface area contributed by atoms with E-state index < -0.39 is 33.4 Å². The van der Waals surface area contributed by atoms with Crippen molar-refractivity contribution in [2.75, 3.05) is 18.0 Å². The zero-order valence-corrected chi connectivity index (χ0v) is 20.4. The summed E-state index contributed by atoms with van der Waals surface area (Å²) in [6.07, 6.45) is 1.92. The summed E-state index contributed by atoms with van der Waals surface area (Å²) < 4.78 is 74.1. The molecule has 0 bridgehead atoms. The molecule has 1 saturated heterocycles. The van der Waals surface area contributed by atoms with E-state index in [1.807, 2.05) is 0 Å². The van der Waals surface area contributed by atoms with Crippen LogP contribution >= 0.6 is 11.3 Å². The van der Waals surface area contributed by atoms with Gasteiger partial charge in [-0.2, -0.15) is 4.31 Å². The van der Waals surface area contributed by atoms with Gasteiger partial charge in [0.25, 0.3) is 0 Å². The van der Waals surface area contributed by atoms with Crippen LogP contribution in [0.4, 0.5) is 18.3 Å². The predicted octanol–water partition coefficient (Wildman–Crippen LogP) is 4.94. The second-order valence-electron chi connectivity index (χ2n) is 8.34. The van der Waals surface area contributed by atoms with Crippen molar-refractivity contribution in [3.8, 4) is 0 Å². The fraction of sp³-hybridized carbons (Fsp3) is 0.250. The fourth-order valence-corrected chi connectivity index (χ4v) is 6.63. The van der Waals surface area contributed by atoms with Crippen LogP contribution in [-0.4, -0.2) is 36.7 Å². The summed E-state index contributed by atoms with van der Waals surface area (Å²) >= 11 is 1.18. The number of rotatable bonds is 6. The lowest BCUT2D eigenvalue weighted by Gasteiger charge is -2.32. The van der Waals surface area contributed by atoms with Gasteiger partial charge in [0.05, 0.1) is 22.4 Å². The number of piperidine rings is 1. The Morgan fingerprint density at radius 3 is 2.50 bits per heavy atom. The Balaban J connectivity index is 1.36. The van der Waals surface area contributed by atoms with E-state index in [4.69, 9.17) is 4.42 Å². The number of halogens is 3. The maximum atomic E-state index is 14.3. The van der Waals surface area contributed by atoms with Gasteiger partial charge < -0.3 is 4.42 Å². The maximum absolute atomic E-state index is 14.3. The first-order valence-electron chi connectivity index (χ1n) is 11.1. The Bertz CT molecular complexity index is 1510. The number of amides is 1. The van der Waals surface area contributed by atoms with E-state index in [9.17, 15) is 26.4 Å². The number of thiazole rings is 1. The van der Waals surface area contributed by atoms with Gasteiger partial charge in [0, 0.05) is 19.0 Å². The molecule has 0 spiro atoms. The minimum Gasteiger partial charge on any atom is -0.467 e. The zero-order chi connectivity index (χ0) is 25.4. The first-order chi connectivity index (χ1) is 17.2. The Kier molecular flexibility index (Phi) is 6.58. The lowest BCUT2D eigenvalue weighted by Crippen LogP contribution is -2.44. The number of sulfonamides is 1. The topological polar surface area (TPSA) is 83.7 Å². The molecule has 0 radical (unpaired) electrons. The molecule has 1 amide bonds. The van der Waals surface area contributed by atoms with Gasteiger partial charge in [-0.1, -0.05) is 17.4 Å².